The van der Waals surface area contributed by atoms with E-state index < -0.39 is 0 Å². The lowest BCUT2D eigenvalue weighted by atomic mass is 10.2. The molecule has 1 amide bonds. The van der Waals surface area contributed by atoms with Gasteiger partial charge in [-0.05, 0) is 47.5 Å². The minimum atomic E-state index is -0.293. The zero-order chi connectivity index (χ0) is 12.3. The Kier molecular flexibility index (Phi) is 4.68. The van der Waals surface area contributed by atoms with Crippen LogP contribution in [0.3, 0.4) is 0 Å². The van der Waals surface area contributed by atoms with Gasteiger partial charge in [0.2, 0.25) is 5.91 Å². The zero-order valence-corrected chi connectivity index (χ0v) is 12.1. The minimum Gasteiger partial charge on any atom is -0.324 e. The second-order valence-corrected chi connectivity index (χ2v) is 5.28. The summed E-state index contributed by atoms with van der Waals surface area (Å²) in [6.07, 6.45) is -0.0953. The molecule has 16 heavy (non-hydrogen) atoms. The van der Waals surface area contributed by atoms with Gasteiger partial charge in [-0.25, -0.2) is 0 Å². The van der Waals surface area contributed by atoms with Crippen LogP contribution < -0.4 is 5.32 Å². The second kappa shape index (κ2) is 5.59. The van der Waals surface area contributed by atoms with Gasteiger partial charge in [-0.1, -0.05) is 15.9 Å². The van der Waals surface area contributed by atoms with Crippen molar-refractivity contribution in [3.8, 4) is 0 Å². The molecule has 1 N–H and O–H groups in total. The van der Waals surface area contributed by atoms with Crippen LogP contribution in [0.15, 0.2) is 21.1 Å². The Morgan fingerprint density at radius 2 is 1.94 bits per heavy atom. The van der Waals surface area contributed by atoms with E-state index >= 15 is 0 Å². The number of amides is 1. The van der Waals surface area contributed by atoms with E-state index in [0.717, 1.165) is 14.5 Å². The van der Waals surface area contributed by atoms with E-state index in [0.29, 0.717) is 5.69 Å². The number of carbonyl (C=O) groups is 2. The van der Waals surface area contributed by atoms with Gasteiger partial charge in [-0.2, -0.15) is 0 Å². The lowest BCUT2D eigenvalue weighted by Gasteiger charge is -2.10. The number of nitrogens with one attached hydrogen (secondary N) is 1. The number of ketones is 1. The molecule has 0 heterocycles. The lowest BCUT2D eigenvalue weighted by molar-refractivity contribution is -0.124. The van der Waals surface area contributed by atoms with Crippen LogP contribution in [-0.2, 0) is 9.59 Å². The summed E-state index contributed by atoms with van der Waals surface area (Å²) in [6.45, 7) is 3.28. The molecule has 1 rings (SSSR count). The second-order valence-electron chi connectivity index (χ2n) is 3.51. The zero-order valence-electron chi connectivity index (χ0n) is 8.93. The van der Waals surface area contributed by atoms with Gasteiger partial charge >= 0.3 is 0 Å². The summed E-state index contributed by atoms with van der Waals surface area (Å²) in [5.41, 5.74) is 1.63. The number of carbonyl (C=O) groups excluding carboxylic acids is 2. The first-order valence-corrected chi connectivity index (χ1v) is 6.23. The van der Waals surface area contributed by atoms with Crippen LogP contribution in [0, 0.1) is 6.92 Å². The highest BCUT2D eigenvalue weighted by atomic mass is 79.9. The molecule has 0 unspecified atom stereocenters. The molecule has 0 saturated carbocycles. The Morgan fingerprint density at radius 3 is 2.44 bits per heavy atom. The van der Waals surface area contributed by atoms with Crippen molar-refractivity contribution in [1.29, 1.82) is 0 Å². The summed E-state index contributed by atoms with van der Waals surface area (Å²) in [7, 11) is 0. The lowest BCUT2D eigenvalue weighted by Crippen LogP contribution is -2.15. The standard InChI is InChI=1S/C11H11Br2NO2/c1-6-3-8(12)5-9(13)11(6)14-10(16)4-7(2)15/h3,5H,4H2,1-2H3,(H,14,16). The van der Waals surface area contributed by atoms with Crippen LogP contribution >= 0.6 is 31.9 Å². The third-order valence-corrected chi connectivity index (χ3v) is 3.01. The predicted molar refractivity (Wildman–Crippen MR) is 70.5 cm³/mol. The fourth-order valence-electron chi connectivity index (χ4n) is 1.27. The highest BCUT2D eigenvalue weighted by Gasteiger charge is 2.10. The number of Topliss-reactive ketones (excluding diaryl/α,β-unsaturated/α-hetero) is 1. The van der Waals surface area contributed by atoms with Gasteiger partial charge in [-0.15, -0.1) is 0 Å². The number of rotatable bonds is 3. The van der Waals surface area contributed by atoms with E-state index in [-0.39, 0.29) is 18.1 Å². The van der Waals surface area contributed by atoms with Crippen LogP contribution in [0.5, 0.6) is 0 Å². The van der Waals surface area contributed by atoms with Gasteiger partial charge in [-0.3, -0.25) is 9.59 Å². The Balaban J connectivity index is 2.89. The van der Waals surface area contributed by atoms with Crippen molar-refractivity contribution < 1.29 is 9.59 Å². The summed E-state index contributed by atoms with van der Waals surface area (Å²) in [6, 6.07) is 3.74. The summed E-state index contributed by atoms with van der Waals surface area (Å²) in [5, 5.41) is 2.71. The topological polar surface area (TPSA) is 46.2 Å². The molecule has 0 spiro atoms. The summed E-state index contributed by atoms with van der Waals surface area (Å²) >= 11 is 6.72. The van der Waals surface area contributed by atoms with Crippen molar-refractivity contribution in [3.63, 3.8) is 0 Å². The highest BCUT2D eigenvalue weighted by Crippen LogP contribution is 2.30. The fraction of sp³-hybridized carbons (Fsp3) is 0.273. The first-order chi connectivity index (χ1) is 7.40. The van der Waals surface area contributed by atoms with Crippen molar-refractivity contribution in [1.82, 2.24) is 0 Å². The summed E-state index contributed by atoms with van der Waals surface area (Å²) in [4.78, 5) is 22.2. The Morgan fingerprint density at radius 1 is 1.31 bits per heavy atom. The van der Waals surface area contributed by atoms with Crippen molar-refractivity contribution in [2.24, 2.45) is 0 Å². The molecule has 5 heteroatoms. The number of aryl methyl sites for hydroxylation is 1. The van der Waals surface area contributed by atoms with Crippen molar-refractivity contribution in [2.75, 3.05) is 5.32 Å². The van der Waals surface area contributed by atoms with E-state index in [1.54, 1.807) is 0 Å². The smallest absolute Gasteiger partial charge is 0.231 e. The molecule has 1 aromatic rings. The molecule has 0 aliphatic heterocycles. The fourth-order valence-corrected chi connectivity index (χ4v) is 2.81. The van der Waals surface area contributed by atoms with E-state index in [9.17, 15) is 9.59 Å². The SMILES string of the molecule is CC(=O)CC(=O)Nc1c(C)cc(Br)cc1Br. The van der Waals surface area contributed by atoms with Gasteiger partial charge in [0, 0.05) is 8.95 Å². The Labute approximate surface area is 111 Å². The molecule has 0 radical (unpaired) electrons. The number of hydrogen-bond acceptors (Lipinski definition) is 2. The van der Waals surface area contributed by atoms with E-state index in [2.05, 4.69) is 37.2 Å². The highest BCUT2D eigenvalue weighted by molar-refractivity contribution is 9.11. The summed E-state index contributed by atoms with van der Waals surface area (Å²) < 4.78 is 1.72. The Hall–Kier alpha value is -0.680. The molecule has 0 aromatic heterocycles. The van der Waals surface area contributed by atoms with Gasteiger partial charge in [0.25, 0.3) is 0 Å². The molecule has 3 nitrogen and oxygen atoms in total. The normalized spacial score (nSPS) is 10.0. The number of benzene rings is 1. The van der Waals surface area contributed by atoms with Gasteiger partial charge in [0.15, 0.2) is 0 Å². The average molecular weight is 349 g/mol. The van der Waals surface area contributed by atoms with Crippen LogP contribution in [-0.4, -0.2) is 11.7 Å². The molecule has 0 saturated heterocycles. The van der Waals surface area contributed by atoms with Crippen molar-refractivity contribution >= 4 is 49.2 Å². The third kappa shape index (κ3) is 3.72. The quantitative estimate of drug-likeness (QED) is 0.850. The third-order valence-electron chi connectivity index (χ3n) is 1.93. The van der Waals surface area contributed by atoms with Crippen LogP contribution in [0.1, 0.15) is 18.9 Å². The largest absolute Gasteiger partial charge is 0.324 e. The predicted octanol–water partition coefficient (Wildman–Crippen LogP) is 3.44. The van der Waals surface area contributed by atoms with Crippen LogP contribution in [0.25, 0.3) is 0 Å². The first-order valence-electron chi connectivity index (χ1n) is 4.65. The molecule has 1 aromatic carbocycles. The van der Waals surface area contributed by atoms with Crippen molar-refractivity contribution in [2.45, 2.75) is 20.3 Å². The molecule has 0 atom stereocenters. The van der Waals surface area contributed by atoms with Crippen LogP contribution in [0.2, 0.25) is 0 Å². The summed E-state index contributed by atoms with van der Waals surface area (Å²) in [5.74, 6) is -0.443. The molecule has 0 aliphatic carbocycles. The monoisotopic (exact) mass is 347 g/mol. The van der Waals surface area contributed by atoms with Gasteiger partial charge in [0.1, 0.15) is 5.78 Å². The maximum atomic E-state index is 11.4. The number of halogens is 2. The van der Waals surface area contributed by atoms with E-state index in [4.69, 9.17) is 0 Å². The van der Waals surface area contributed by atoms with Gasteiger partial charge in [0.05, 0.1) is 12.1 Å². The maximum absolute atomic E-state index is 11.4. The number of hydrogen-bond donors (Lipinski definition) is 1. The van der Waals surface area contributed by atoms with E-state index in [1.165, 1.54) is 6.92 Å². The molecule has 0 fully saturated rings. The van der Waals surface area contributed by atoms with Crippen molar-refractivity contribution in [3.05, 3.63) is 26.6 Å². The minimum absolute atomic E-state index is 0.0953. The van der Waals surface area contributed by atoms with E-state index in [1.807, 2.05) is 19.1 Å². The molecular weight excluding hydrogens is 338 g/mol. The van der Waals surface area contributed by atoms with Gasteiger partial charge < -0.3 is 5.32 Å². The first kappa shape index (κ1) is 13.4. The Bertz CT molecular complexity index is 421. The number of anilines is 1. The molecular formula is C11H11Br2NO2. The maximum Gasteiger partial charge on any atom is 0.231 e. The van der Waals surface area contributed by atoms with Crippen LogP contribution in [0.4, 0.5) is 5.69 Å². The average Bonchev–Trinajstić information content (AvgIpc) is 2.09. The molecule has 0 bridgehead atoms. The molecule has 0 aliphatic rings. The molecule has 86 valence electrons.